The molecule has 0 heterocycles. The van der Waals surface area contributed by atoms with Crippen molar-refractivity contribution in [2.24, 2.45) is 0 Å². The smallest absolute Gasteiger partial charge is 0.126 e. The SMILES string of the molecule is COc1ccc(CNCC(C)(C)OC)c2ccccc12. The molecule has 0 aliphatic heterocycles. The van der Waals surface area contributed by atoms with Crippen LogP contribution in [0.1, 0.15) is 19.4 Å². The van der Waals surface area contributed by atoms with Gasteiger partial charge in [0.1, 0.15) is 5.75 Å². The Bertz CT molecular complexity index is 578. The van der Waals surface area contributed by atoms with Crippen LogP contribution >= 0.6 is 0 Å². The van der Waals surface area contributed by atoms with Gasteiger partial charge in [-0.05, 0) is 30.9 Å². The summed E-state index contributed by atoms with van der Waals surface area (Å²) in [5.74, 6) is 0.918. The molecular formula is C17H23NO2. The highest BCUT2D eigenvalue weighted by Gasteiger charge is 2.15. The molecular weight excluding hydrogens is 250 g/mol. The van der Waals surface area contributed by atoms with Crippen LogP contribution in [0.3, 0.4) is 0 Å². The molecule has 2 rings (SSSR count). The zero-order chi connectivity index (χ0) is 14.6. The Morgan fingerprint density at radius 3 is 2.35 bits per heavy atom. The standard InChI is InChI=1S/C17H23NO2/c1-17(2,20-4)12-18-11-13-9-10-16(19-3)15-8-6-5-7-14(13)15/h5-10,18H,11-12H2,1-4H3. The van der Waals surface area contributed by atoms with Crippen LogP contribution in [-0.4, -0.2) is 26.4 Å². The first kappa shape index (κ1) is 14.8. The van der Waals surface area contributed by atoms with E-state index in [1.54, 1.807) is 14.2 Å². The summed E-state index contributed by atoms with van der Waals surface area (Å²) in [4.78, 5) is 0. The highest BCUT2D eigenvalue weighted by atomic mass is 16.5. The van der Waals surface area contributed by atoms with E-state index in [-0.39, 0.29) is 5.60 Å². The van der Waals surface area contributed by atoms with Crippen LogP contribution in [0, 0.1) is 0 Å². The molecule has 2 aromatic rings. The van der Waals surface area contributed by atoms with E-state index in [1.807, 2.05) is 12.1 Å². The van der Waals surface area contributed by atoms with Gasteiger partial charge in [-0.2, -0.15) is 0 Å². The average Bonchev–Trinajstić information content (AvgIpc) is 2.47. The molecule has 0 radical (unpaired) electrons. The normalized spacial score (nSPS) is 11.8. The molecule has 0 aliphatic carbocycles. The van der Waals surface area contributed by atoms with Gasteiger partial charge in [0.25, 0.3) is 0 Å². The molecule has 3 nitrogen and oxygen atoms in total. The van der Waals surface area contributed by atoms with Gasteiger partial charge in [-0.25, -0.2) is 0 Å². The molecule has 1 N–H and O–H groups in total. The van der Waals surface area contributed by atoms with Crippen LogP contribution in [0.4, 0.5) is 0 Å². The molecule has 0 atom stereocenters. The van der Waals surface area contributed by atoms with E-state index >= 15 is 0 Å². The fourth-order valence-electron chi connectivity index (χ4n) is 2.24. The molecule has 3 heteroatoms. The summed E-state index contributed by atoms with van der Waals surface area (Å²) in [6.45, 7) is 5.78. The lowest BCUT2D eigenvalue weighted by Crippen LogP contribution is -2.36. The van der Waals surface area contributed by atoms with Crippen LogP contribution in [0.5, 0.6) is 5.75 Å². The molecule has 0 saturated carbocycles. The van der Waals surface area contributed by atoms with Gasteiger partial charge in [0.15, 0.2) is 0 Å². The molecule has 0 bridgehead atoms. The third kappa shape index (κ3) is 3.30. The number of hydrogen-bond acceptors (Lipinski definition) is 3. The first-order valence-corrected chi connectivity index (χ1v) is 6.88. The van der Waals surface area contributed by atoms with Gasteiger partial charge in [-0.1, -0.05) is 30.3 Å². The van der Waals surface area contributed by atoms with Crippen molar-refractivity contribution in [3.05, 3.63) is 42.0 Å². The lowest BCUT2D eigenvalue weighted by Gasteiger charge is -2.23. The van der Waals surface area contributed by atoms with Gasteiger partial charge in [-0.3, -0.25) is 0 Å². The van der Waals surface area contributed by atoms with Gasteiger partial charge in [0.2, 0.25) is 0 Å². The van der Waals surface area contributed by atoms with Crippen molar-refractivity contribution in [1.29, 1.82) is 0 Å². The molecule has 0 fully saturated rings. The van der Waals surface area contributed by atoms with Crippen molar-refractivity contribution in [1.82, 2.24) is 5.32 Å². The van der Waals surface area contributed by atoms with E-state index in [9.17, 15) is 0 Å². The molecule has 0 saturated heterocycles. The van der Waals surface area contributed by atoms with E-state index in [0.29, 0.717) is 0 Å². The minimum absolute atomic E-state index is 0.151. The third-order valence-corrected chi connectivity index (χ3v) is 3.61. The van der Waals surface area contributed by atoms with Crippen molar-refractivity contribution < 1.29 is 9.47 Å². The van der Waals surface area contributed by atoms with Crippen LogP contribution in [-0.2, 0) is 11.3 Å². The molecule has 108 valence electrons. The molecule has 0 aliphatic rings. The molecule has 0 unspecified atom stereocenters. The summed E-state index contributed by atoms with van der Waals surface area (Å²) in [5.41, 5.74) is 1.12. The van der Waals surface area contributed by atoms with Gasteiger partial charge >= 0.3 is 0 Å². The minimum Gasteiger partial charge on any atom is -0.496 e. The van der Waals surface area contributed by atoms with Crippen molar-refractivity contribution in [2.45, 2.75) is 26.0 Å². The third-order valence-electron chi connectivity index (χ3n) is 3.61. The van der Waals surface area contributed by atoms with E-state index in [4.69, 9.17) is 9.47 Å². The Labute approximate surface area is 120 Å². The summed E-state index contributed by atoms with van der Waals surface area (Å²) >= 11 is 0. The van der Waals surface area contributed by atoms with Crippen LogP contribution in [0.2, 0.25) is 0 Å². The maximum absolute atomic E-state index is 5.42. The number of hydrogen-bond donors (Lipinski definition) is 1. The van der Waals surface area contributed by atoms with Crippen molar-refractivity contribution >= 4 is 10.8 Å². The van der Waals surface area contributed by atoms with Gasteiger partial charge < -0.3 is 14.8 Å². The van der Waals surface area contributed by atoms with Crippen LogP contribution in [0.25, 0.3) is 10.8 Å². The Hall–Kier alpha value is -1.58. The molecule has 20 heavy (non-hydrogen) atoms. The monoisotopic (exact) mass is 273 g/mol. The quantitative estimate of drug-likeness (QED) is 0.875. The first-order valence-electron chi connectivity index (χ1n) is 6.88. The van der Waals surface area contributed by atoms with Gasteiger partial charge in [0.05, 0.1) is 12.7 Å². The Morgan fingerprint density at radius 2 is 1.70 bits per heavy atom. The Morgan fingerprint density at radius 1 is 1.00 bits per heavy atom. The molecule has 0 amide bonds. The van der Waals surface area contributed by atoms with Crippen molar-refractivity contribution in [2.75, 3.05) is 20.8 Å². The fourth-order valence-corrected chi connectivity index (χ4v) is 2.24. The summed E-state index contributed by atoms with van der Waals surface area (Å²) in [5, 5.41) is 5.84. The van der Waals surface area contributed by atoms with E-state index in [2.05, 4.69) is 43.4 Å². The van der Waals surface area contributed by atoms with E-state index in [0.717, 1.165) is 24.2 Å². The molecule has 0 aromatic heterocycles. The van der Waals surface area contributed by atoms with Crippen LogP contribution < -0.4 is 10.1 Å². The average molecular weight is 273 g/mol. The number of nitrogens with one attached hydrogen (secondary N) is 1. The summed E-state index contributed by atoms with van der Waals surface area (Å²) in [6.07, 6.45) is 0. The summed E-state index contributed by atoms with van der Waals surface area (Å²) < 4.78 is 10.8. The first-order chi connectivity index (χ1) is 9.57. The van der Waals surface area contributed by atoms with E-state index < -0.39 is 0 Å². The maximum Gasteiger partial charge on any atom is 0.126 e. The number of fused-ring (bicyclic) bond motifs is 1. The lowest BCUT2D eigenvalue weighted by atomic mass is 10.0. The topological polar surface area (TPSA) is 30.5 Å². The minimum atomic E-state index is -0.151. The highest BCUT2D eigenvalue weighted by molar-refractivity contribution is 5.91. The zero-order valence-electron chi connectivity index (χ0n) is 12.7. The molecule has 2 aromatic carbocycles. The van der Waals surface area contributed by atoms with E-state index in [1.165, 1.54) is 10.9 Å². The fraction of sp³-hybridized carbons (Fsp3) is 0.412. The molecule has 0 spiro atoms. The predicted molar refractivity (Wildman–Crippen MR) is 83.3 cm³/mol. The Kier molecular flexibility index (Phi) is 4.63. The second-order valence-electron chi connectivity index (χ2n) is 5.54. The highest BCUT2D eigenvalue weighted by Crippen LogP contribution is 2.28. The number of benzene rings is 2. The second-order valence-corrected chi connectivity index (χ2v) is 5.54. The predicted octanol–water partition coefficient (Wildman–Crippen LogP) is 3.36. The Balaban J connectivity index is 2.19. The zero-order valence-corrected chi connectivity index (χ0v) is 12.7. The van der Waals surface area contributed by atoms with Gasteiger partial charge in [0, 0.05) is 25.6 Å². The number of methoxy groups -OCH3 is 2. The lowest BCUT2D eigenvalue weighted by molar-refractivity contribution is 0.0231. The summed E-state index contributed by atoms with van der Waals surface area (Å²) in [7, 11) is 3.45. The second kappa shape index (κ2) is 6.25. The maximum atomic E-state index is 5.42. The van der Waals surface area contributed by atoms with Crippen molar-refractivity contribution in [3.8, 4) is 5.75 Å². The number of ether oxygens (including phenoxy) is 2. The van der Waals surface area contributed by atoms with Crippen LogP contribution in [0.15, 0.2) is 36.4 Å². The largest absolute Gasteiger partial charge is 0.496 e. The van der Waals surface area contributed by atoms with Gasteiger partial charge in [-0.15, -0.1) is 0 Å². The number of rotatable bonds is 6. The van der Waals surface area contributed by atoms with Crippen molar-refractivity contribution in [3.63, 3.8) is 0 Å². The summed E-state index contributed by atoms with van der Waals surface area (Å²) in [6, 6.07) is 12.5.